The molecular weight excluding hydrogens is 316 g/mol. The monoisotopic (exact) mass is 332 g/mol. The molecule has 1 aromatic rings. The number of halogens is 1. The molecule has 2 aliphatic heterocycles. The lowest BCUT2D eigenvalue weighted by Gasteiger charge is -2.29. The second-order valence-corrected chi connectivity index (χ2v) is 6.76. The van der Waals surface area contributed by atoms with Gasteiger partial charge in [-0.2, -0.15) is 0 Å². The van der Waals surface area contributed by atoms with E-state index < -0.39 is 12.0 Å². The summed E-state index contributed by atoms with van der Waals surface area (Å²) in [6.07, 6.45) is 4.30. The Morgan fingerprint density at radius 3 is 2.43 bits per heavy atom. The summed E-state index contributed by atoms with van der Waals surface area (Å²) in [6, 6.07) is 7.10. The molecule has 23 heavy (non-hydrogen) atoms. The lowest BCUT2D eigenvalue weighted by molar-refractivity contribution is -0.145. The van der Waals surface area contributed by atoms with E-state index in [9.17, 15) is 9.59 Å². The molecule has 0 radical (unpaired) electrons. The number of imide groups is 1. The average Bonchev–Trinajstić information content (AvgIpc) is 3.10. The minimum Gasteiger partial charge on any atom is -0.381 e. The topological polar surface area (TPSA) is 59.0 Å². The van der Waals surface area contributed by atoms with Gasteiger partial charge in [-0.05, 0) is 25.0 Å². The molecule has 4 rings (SSSR count). The average molecular weight is 333 g/mol. The van der Waals surface area contributed by atoms with Crippen molar-refractivity contribution >= 4 is 29.1 Å². The molecule has 2 amide bonds. The molecule has 2 atom stereocenters. The minimum absolute atomic E-state index is 0.0180. The molecule has 1 saturated heterocycles. The molecule has 1 saturated carbocycles. The summed E-state index contributed by atoms with van der Waals surface area (Å²) in [4.78, 5) is 32.2. The van der Waals surface area contributed by atoms with Crippen molar-refractivity contribution in [3.05, 3.63) is 34.9 Å². The largest absolute Gasteiger partial charge is 0.381 e. The first kappa shape index (κ1) is 14.7. The number of benzene rings is 1. The van der Waals surface area contributed by atoms with E-state index in [2.05, 4.69) is 5.16 Å². The maximum absolute atomic E-state index is 12.9. The van der Waals surface area contributed by atoms with Gasteiger partial charge in [-0.15, -0.1) is 0 Å². The highest BCUT2D eigenvalue weighted by Crippen LogP contribution is 2.36. The first-order chi connectivity index (χ1) is 11.2. The van der Waals surface area contributed by atoms with Gasteiger partial charge in [0.25, 0.3) is 5.91 Å². The van der Waals surface area contributed by atoms with Crippen LogP contribution in [0.3, 0.4) is 0 Å². The lowest BCUT2D eigenvalue weighted by atomic mass is 9.93. The first-order valence-electron chi connectivity index (χ1n) is 8.03. The van der Waals surface area contributed by atoms with E-state index in [0.29, 0.717) is 10.7 Å². The van der Waals surface area contributed by atoms with E-state index in [1.54, 1.807) is 24.3 Å². The Kier molecular flexibility index (Phi) is 3.60. The summed E-state index contributed by atoms with van der Waals surface area (Å²) in [5.41, 5.74) is 1.30. The number of carbonyl (C=O) groups excluding carboxylic acids is 2. The molecule has 0 N–H and O–H groups in total. The Bertz CT molecular complexity index is 680. The highest BCUT2D eigenvalue weighted by molar-refractivity contribution is 6.31. The van der Waals surface area contributed by atoms with Gasteiger partial charge in [0.05, 0.1) is 0 Å². The number of hydrogen-bond donors (Lipinski definition) is 0. The first-order valence-corrected chi connectivity index (χ1v) is 8.41. The Balaban J connectivity index is 1.62. The third-order valence-corrected chi connectivity index (χ3v) is 5.18. The van der Waals surface area contributed by atoms with Crippen LogP contribution in [0.5, 0.6) is 0 Å². The van der Waals surface area contributed by atoms with Crippen LogP contribution in [0.25, 0.3) is 0 Å². The minimum atomic E-state index is -0.796. The zero-order chi connectivity index (χ0) is 16.0. The number of nitrogens with zero attached hydrogens (tertiary/aromatic N) is 2. The summed E-state index contributed by atoms with van der Waals surface area (Å²) in [5, 5.41) is 4.62. The van der Waals surface area contributed by atoms with Crippen molar-refractivity contribution in [2.24, 2.45) is 11.1 Å². The smallest absolute Gasteiger partial charge is 0.274 e. The van der Waals surface area contributed by atoms with Gasteiger partial charge in [-0.3, -0.25) is 14.5 Å². The molecule has 0 spiro atoms. The van der Waals surface area contributed by atoms with Crippen molar-refractivity contribution in [3.8, 4) is 0 Å². The van der Waals surface area contributed by atoms with Gasteiger partial charge >= 0.3 is 0 Å². The molecule has 5 nitrogen and oxygen atoms in total. The molecule has 3 aliphatic rings. The zero-order valence-electron chi connectivity index (χ0n) is 12.6. The third-order valence-electron chi connectivity index (χ3n) is 4.93. The molecule has 2 heterocycles. The van der Waals surface area contributed by atoms with Crippen LogP contribution in [-0.4, -0.2) is 34.6 Å². The normalized spacial score (nSPS) is 27.9. The maximum atomic E-state index is 12.9. The fourth-order valence-electron chi connectivity index (χ4n) is 3.76. The molecule has 0 unspecified atom stereocenters. The molecule has 2 fully saturated rings. The SMILES string of the molecule is O=C1[C@@H]2C(c3ccc(Cl)cc3)=NO[C@H]2C(=O)N1C1CCCCC1. The molecule has 1 aromatic carbocycles. The van der Waals surface area contributed by atoms with Gasteiger partial charge in [0, 0.05) is 16.6 Å². The summed E-state index contributed by atoms with van der Waals surface area (Å²) >= 11 is 5.91. The van der Waals surface area contributed by atoms with Crippen molar-refractivity contribution in [2.45, 2.75) is 44.2 Å². The molecule has 6 heteroatoms. The predicted molar refractivity (Wildman–Crippen MR) is 85.1 cm³/mol. The van der Waals surface area contributed by atoms with Crippen LogP contribution in [0.4, 0.5) is 0 Å². The Morgan fingerprint density at radius 1 is 1.04 bits per heavy atom. The fourth-order valence-corrected chi connectivity index (χ4v) is 3.88. The summed E-state index contributed by atoms with van der Waals surface area (Å²) in [5.74, 6) is -1.02. The van der Waals surface area contributed by atoms with Gasteiger partial charge in [0.2, 0.25) is 12.0 Å². The Hall–Kier alpha value is -1.88. The predicted octanol–water partition coefficient (Wildman–Crippen LogP) is 2.76. The second kappa shape index (κ2) is 5.64. The molecule has 1 aliphatic carbocycles. The van der Waals surface area contributed by atoms with Crippen molar-refractivity contribution in [2.75, 3.05) is 0 Å². The van der Waals surface area contributed by atoms with E-state index in [-0.39, 0.29) is 17.9 Å². The Morgan fingerprint density at radius 2 is 1.74 bits per heavy atom. The molecule has 120 valence electrons. The number of rotatable bonds is 2. The van der Waals surface area contributed by atoms with Crippen LogP contribution < -0.4 is 0 Å². The van der Waals surface area contributed by atoms with Crippen LogP contribution in [0.2, 0.25) is 5.02 Å². The number of oxime groups is 1. The van der Waals surface area contributed by atoms with Crippen molar-refractivity contribution in [3.63, 3.8) is 0 Å². The number of carbonyl (C=O) groups is 2. The van der Waals surface area contributed by atoms with Gasteiger partial charge in [-0.25, -0.2) is 0 Å². The highest BCUT2D eigenvalue weighted by Gasteiger charge is 2.57. The van der Waals surface area contributed by atoms with Crippen molar-refractivity contribution < 1.29 is 14.4 Å². The standard InChI is InChI=1S/C17H17ClN2O3/c18-11-8-6-10(7-9-11)14-13-15(23-19-14)17(22)20(16(13)21)12-4-2-1-3-5-12/h6-9,12-13,15H,1-5H2/t13-,15-/m1/s1. The maximum Gasteiger partial charge on any atom is 0.274 e. The number of hydrogen-bond acceptors (Lipinski definition) is 4. The summed E-state index contributed by atoms with van der Waals surface area (Å²) < 4.78 is 0. The second-order valence-electron chi connectivity index (χ2n) is 6.33. The van der Waals surface area contributed by atoms with Gasteiger partial charge in [-0.1, -0.05) is 48.2 Å². The van der Waals surface area contributed by atoms with Gasteiger partial charge < -0.3 is 4.84 Å². The van der Waals surface area contributed by atoms with E-state index >= 15 is 0 Å². The Labute approximate surface area is 139 Å². The van der Waals surface area contributed by atoms with E-state index in [1.165, 1.54) is 11.3 Å². The van der Waals surface area contributed by atoms with Gasteiger partial charge in [0.15, 0.2) is 0 Å². The summed E-state index contributed by atoms with van der Waals surface area (Å²) in [7, 11) is 0. The molecule has 0 bridgehead atoms. The van der Waals surface area contributed by atoms with Gasteiger partial charge in [0.1, 0.15) is 11.6 Å². The quantitative estimate of drug-likeness (QED) is 0.782. The third kappa shape index (κ3) is 2.34. The van der Waals surface area contributed by atoms with E-state index in [4.69, 9.17) is 16.4 Å². The highest BCUT2D eigenvalue weighted by atomic mass is 35.5. The van der Waals surface area contributed by atoms with E-state index in [1.807, 2.05) is 0 Å². The summed E-state index contributed by atoms with van der Waals surface area (Å²) in [6.45, 7) is 0. The van der Waals surface area contributed by atoms with Crippen LogP contribution >= 0.6 is 11.6 Å². The molecule has 0 aromatic heterocycles. The number of amides is 2. The fraction of sp³-hybridized carbons (Fsp3) is 0.471. The number of likely N-dealkylation sites (tertiary alicyclic amines) is 1. The van der Waals surface area contributed by atoms with Crippen molar-refractivity contribution in [1.29, 1.82) is 0 Å². The van der Waals surface area contributed by atoms with Crippen LogP contribution in [0, 0.1) is 5.92 Å². The van der Waals surface area contributed by atoms with Crippen LogP contribution in [-0.2, 0) is 14.4 Å². The number of fused-ring (bicyclic) bond motifs is 1. The van der Waals surface area contributed by atoms with Crippen LogP contribution in [0.15, 0.2) is 29.4 Å². The van der Waals surface area contributed by atoms with Crippen molar-refractivity contribution in [1.82, 2.24) is 4.90 Å². The zero-order valence-corrected chi connectivity index (χ0v) is 13.3. The lowest BCUT2D eigenvalue weighted by Crippen LogP contribution is -2.43. The van der Waals surface area contributed by atoms with Crippen LogP contribution in [0.1, 0.15) is 37.7 Å². The molecular formula is C17H17ClN2O3. The van der Waals surface area contributed by atoms with E-state index in [0.717, 1.165) is 31.2 Å².